The number of benzene rings is 1. The van der Waals surface area contributed by atoms with Gasteiger partial charge in [-0.05, 0) is 57.9 Å². The molecule has 2 saturated heterocycles. The summed E-state index contributed by atoms with van der Waals surface area (Å²) in [6.07, 6.45) is 5.37. The van der Waals surface area contributed by atoms with Crippen LogP contribution in [0.5, 0.6) is 0 Å². The van der Waals surface area contributed by atoms with Crippen molar-refractivity contribution in [2.24, 2.45) is 5.92 Å². The molecule has 0 bridgehead atoms. The van der Waals surface area contributed by atoms with E-state index < -0.39 is 10.0 Å². The molecule has 0 saturated carbocycles. The van der Waals surface area contributed by atoms with Crippen LogP contribution in [0.2, 0.25) is 0 Å². The van der Waals surface area contributed by atoms with Crippen molar-refractivity contribution in [2.75, 3.05) is 19.6 Å². The van der Waals surface area contributed by atoms with Crippen molar-refractivity contribution in [1.29, 1.82) is 0 Å². The normalized spacial score (nSPS) is 23.1. The molecule has 8 heteroatoms. The Hall–Kier alpha value is -2.19. The molecule has 168 valence electrons. The lowest BCUT2D eigenvalue weighted by Gasteiger charge is -2.40. The highest BCUT2D eigenvalue weighted by molar-refractivity contribution is 7.89. The number of amides is 1. The van der Waals surface area contributed by atoms with Gasteiger partial charge in [-0.1, -0.05) is 35.5 Å². The van der Waals surface area contributed by atoms with E-state index in [4.69, 9.17) is 4.52 Å². The number of likely N-dealkylation sites (tertiary alicyclic amines) is 1. The number of aromatic nitrogens is 1. The zero-order chi connectivity index (χ0) is 22.0. The summed E-state index contributed by atoms with van der Waals surface area (Å²) in [5.41, 5.74) is 1.60. The van der Waals surface area contributed by atoms with E-state index in [0.29, 0.717) is 24.4 Å². The number of carbonyl (C=O) groups is 1. The van der Waals surface area contributed by atoms with Crippen LogP contribution in [0.15, 0.2) is 39.8 Å². The quantitative estimate of drug-likeness (QED) is 0.705. The highest BCUT2D eigenvalue weighted by Gasteiger charge is 2.39. The summed E-state index contributed by atoms with van der Waals surface area (Å²) < 4.78 is 33.0. The first-order valence-electron chi connectivity index (χ1n) is 11.2. The average molecular weight is 446 g/mol. The fourth-order valence-electron chi connectivity index (χ4n) is 4.96. The number of hydrogen-bond acceptors (Lipinski definition) is 5. The van der Waals surface area contributed by atoms with Gasteiger partial charge in [-0.3, -0.25) is 4.79 Å². The zero-order valence-corrected chi connectivity index (χ0v) is 19.1. The molecule has 2 atom stereocenters. The van der Waals surface area contributed by atoms with Crippen molar-refractivity contribution in [3.8, 4) is 0 Å². The lowest BCUT2D eigenvalue weighted by atomic mass is 9.92. The third kappa shape index (κ3) is 4.55. The smallest absolute Gasteiger partial charge is 0.248 e. The van der Waals surface area contributed by atoms with E-state index in [-0.39, 0.29) is 29.3 Å². The molecular formula is C23H31N3O4S. The van der Waals surface area contributed by atoms with Gasteiger partial charge in [-0.2, -0.15) is 4.31 Å². The van der Waals surface area contributed by atoms with Crippen molar-refractivity contribution in [1.82, 2.24) is 14.4 Å². The minimum absolute atomic E-state index is 0.0966. The van der Waals surface area contributed by atoms with Gasteiger partial charge in [0, 0.05) is 25.7 Å². The number of rotatable bonds is 5. The van der Waals surface area contributed by atoms with Gasteiger partial charge in [0.2, 0.25) is 15.9 Å². The molecule has 4 rings (SSSR count). The van der Waals surface area contributed by atoms with E-state index in [0.717, 1.165) is 38.6 Å². The summed E-state index contributed by atoms with van der Waals surface area (Å²) in [5, 5.41) is 3.80. The molecule has 2 fully saturated rings. The van der Waals surface area contributed by atoms with Crippen molar-refractivity contribution in [3.63, 3.8) is 0 Å². The Kier molecular flexibility index (Phi) is 6.48. The van der Waals surface area contributed by atoms with Gasteiger partial charge in [-0.25, -0.2) is 8.42 Å². The molecule has 7 nitrogen and oxygen atoms in total. The third-order valence-corrected chi connectivity index (χ3v) is 8.63. The van der Waals surface area contributed by atoms with Crippen LogP contribution in [0.1, 0.15) is 49.1 Å². The minimum Gasteiger partial charge on any atom is -0.360 e. The molecule has 0 unspecified atom stereocenters. The Morgan fingerprint density at radius 1 is 1.10 bits per heavy atom. The summed E-state index contributed by atoms with van der Waals surface area (Å²) in [6.45, 7) is 4.64. The Morgan fingerprint density at radius 3 is 2.58 bits per heavy atom. The Labute approximate surface area is 184 Å². The van der Waals surface area contributed by atoms with E-state index in [1.807, 2.05) is 23.1 Å². The van der Waals surface area contributed by atoms with Gasteiger partial charge in [0.25, 0.3) is 0 Å². The average Bonchev–Trinajstić information content (AvgIpc) is 3.13. The molecule has 1 amide bonds. The molecule has 0 spiro atoms. The molecule has 2 aliphatic heterocycles. The topological polar surface area (TPSA) is 83.7 Å². The molecule has 0 radical (unpaired) electrons. The lowest BCUT2D eigenvalue weighted by Crippen LogP contribution is -2.51. The molecule has 0 aliphatic carbocycles. The van der Waals surface area contributed by atoms with Gasteiger partial charge in [0.05, 0.1) is 5.92 Å². The summed E-state index contributed by atoms with van der Waals surface area (Å²) in [6, 6.07) is 10.5. The molecular weight excluding hydrogens is 414 g/mol. The van der Waals surface area contributed by atoms with E-state index in [1.54, 1.807) is 13.8 Å². The van der Waals surface area contributed by atoms with Crippen LogP contribution in [-0.2, 0) is 21.2 Å². The third-order valence-electron chi connectivity index (χ3n) is 6.52. The maximum Gasteiger partial charge on any atom is 0.248 e. The van der Waals surface area contributed by atoms with Crippen molar-refractivity contribution >= 4 is 15.9 Å². The number of hydrogen-bond donors (Lipinski definition) is 0. The van der Waals surface area contributed by atoms with E-state index in [2.05, 4.69) is 17.3 Å². The van der Waals surface area contributed by atoms with Crippen molar-refractivity contribution < 1.29 is 17.7 Å². The van der Waals surface area contributed by atoms with E-state index >= 15 is 0 Å². The predicted octanol–water partition coefficient (Wildman–Crippen LogP) is 3.32. The summed E-state index contributed by atoms with van der Waals surface area (Å²) in [7, 11) is -3.73. The molecule has 1 aromatic carbocycles. The number of nitrogens with zero attached hydrogens (tertiary/aromatic N) is 3. The van der Waals surface area contributed by atoms with Gasteiger partial charge >= 0.3 is 0 Å². The second-order valence-electron chi connectivity index (χ2n) is 8.73. The van der Waals surface area contributed by atoms with Crippen LogP contribution >= 0.6 is 0 Å². The summed E-state index contributed by atoms with van der Waals surface area (Å²) in [5.74, 6) is 0.0876. The van der Waals surface area contributed by atoms with Crippen LogP contribution in [-0.4, -0.2) is 54.4 Å². The second-order valence-corrected chi connectivity index (χ2v) is 10.6. The molecule has 2 aromatic rings. The Bertz CT molecular complexity index is 999. The zero-order valence-electron chi connectivity index (χ0n) is 18.3. The van der Waals surface area contributed by atoms with Crippen LogP contribution in [0, 0.1) is 19.8 Å². The first-order valence-corrected chi connectivity index (χ1v) is 12.6. The molecule has 2 aliphatic rings. The standard InChI is InChI=1S/C23H31N3O4S/c1-17-22(18(2)30-24-17)31(28,29)25-13-8-11-20(16-25)23(27)26-14-7-6-12-21(26)15-19-9-4-3-5-10-19/h3-5,9-10,20-21H,6-8,11-16H2,1-2H3/t20-,21+/m1/s1. The number of piperidine rings is 2. The maximum absolute atomic E-state index is 13.5. The van der Waals surface area contributed by atoms with E-state index in [9.17, 15) is 13.2 Å². The van der Waals surface area contributed by atoms with Crippen LogP contribution in [0.3, 0.4) is 0 Å². The lowest BCUT2D eigenvalue weighted by molar-refractivity contribution is -0.140. The van der Waals surface area contributed by atoms with Crippen LogP contribution in [0.4, 0.5) is 0 Å². The first-order chi connectivity index (χ1) is 14.9. The first kappa shape index (κ1) is 22.0. The largest absolute Gasteiger partial charge is 0.360 e. The fraction of sp³-hybridized carbons (Fsp3) is 0.565. The molecule has 3 heterocycles. The van der Waals surface area contributed by atoms with Gasteiger partial charge in [0.15, 0.2) is 5.76 Å². The monoisotopic (exact) mass is 445 g/mol. The molecule has 0 N–H and O–H groups in total. The number of sulfonamides is 1. The van der Waals surface area contributed by atoms with Gasteiger partial charge in [-0.15, -0.1) is 0 Å². The van der Waals surface area contributed by atoms with Crippen LogP contribution in [0.25, 0.3) is 0 Å². The molecule has 31 heavy (non-hydrogen) atoms. The Morgan fingerprint density at radius 2 is 1.87 bits per heavy atom. The SMILES string of the molecule is Cc1noc(C)c1S(=O)(=O)N1CCC[C@@H](C(=O)N2CCCC[C@H]2Cc2ccccc2)C1. The van der Waals surface area contributed by atoms with Crippen LogP contribution < -0.4 is 0 Å². The fourth-order valence-corrected chi connectivity index (χ4v) is 6.77. The number of carbonyl (C=O) groups excluding carboxylic acids is 1. The van der Waals surface area contributed by atoms with Crippen molar-refractivity contribution in [2.45, 2.75) is 63.3 Å². The van der Waals surface area contributed by atoms with E-state index in [1.165, 1.54) is 9.87 Å². The van der Waals surface area contributed by atoms with Crippen molar-refractivity contribution in [3.05, 3.63) is 47.3 Å². The highest BCUT2D eigenvalue weighted by Crippen LogP contribution is 2.30. The predicted molar refractivity (Wildman–Crippen MR) is 117 cm³/mol. The highest BCUT2D eigenvalue weighted by atomic mass is 32.2. The van der Waals surface area contributed by atoms with Gasteiger partial charge < -0.3 is 9.42 Å². The Balaban J connectivity index is 1.50. The maximum atomic E-state index is 13.5. The van der Waals surface area contributed by atoms with Gasteiger partial charge in [0.1, 0.15) is 10.6 Å². The summed E-state index contributed by atoms with van der Waals surface area (Å²) in [4.78, 5) is 15.7. The second kappa shape index (κ2) is 9.12. The molecule has 1 aromatic heterocycles. The minimum atomic E-state index is -3.73. The summed E-state index contributed by atoms with van der Waals surface area (Å²) >= 11 is 0. The number of aryl methyl sites for hydroxylation is 2.